The van der Waals surface area contributed by atoms with Crippen molar-refractivity contribution in [3.63, 3.8) is 0 Å². The highest BCUT2D eigenvalue weighted by Crippen LogP contribution is 2.42. The molecule has 0 N–H and O–H groups in total. The molecule has 0 saturated carbocycles. The molecule has 0 radical (unpaired) electrons. The molecule has 4 aromatic rings. The fraction of sp³-hybridized carbons (Fsp3) is 0.185. The quantitative estimate of drug-likeness (QED) is 0.289. The normalized spacial score (nSPS) is 14.1. The summed E-state index contributed by atoms with van der Waals surface area (Å²) < 4.78 is 18.7. The van der Waals surface area contributed by atoms with E-state index >= 15 is 0 Å². The third-order valence-corrected chi connectivity index (χ3v) is 5.53. The first kappa shape index (κ1) is 23.3. The highest BCUT2D eigenvalue weighted by molar-refractivity contribution is 6.03. The maximum atomic E-state index is 12.4. The van der Waals surface area contributed by atoms with Crippen LogP contribution < -0.4 is 14.2 Å². The largest absolute Gasteiger partial charge is 0.491 e. The van der Waals surface area contributed by atoms with Gasteiger partial charge in [-0.2, -0.15) is 5.10 Å². The van der Waals surface area contributed by atoms with Crippen LogP contribution in [0.15, 0.2) is 72.9 Å². The predicted octanol–water partition coefficient (Wildman–Crippen LogP) is 3.80. The standard InChI is InChI=1S/C27H24N4O5/c1-30(2)15-8-16-34-20-12-7-6-11-19(20)31-27-24(25(29-31)18-9-4-3-5-10-18)26-21(17-28-27)35-22(32)13-14-23(33)36-26/h3-7,9-14,17H,8,15-16H2,1-2H3/b14-13-. The first-order valence-corrected chi connectivity index (χ1v) is 11.5. The van der Waals surface area contributed by atoms with Crippen LogP contribution in [0.5, 0.6) is 17.2 Å². The molecule has 0 bridgehead atoms. The van der Waals surface area contributed by atoms with E-state index in [2.05, 4.69) is 9.88 Å². The van der Waals surface area contributed by atoms with E-state index in [9.17, 15) is 9.59 Å². The van der Waals surface area contributed by atoms with Crippen LogP contribution >= 0.6 is 0 Å². The first-order valence-electron chi connectivity index (χ1n) is 11.5. The van der Waals surface area contributed by atoms with Crippen LogP contribution in [0.1, 0.15) is 6.42 Å². The van der Waals surface area contributed by atoms with E-state index in [1.54, 1.807) is 4.68 Å². The van der Waals surface area contributed by atoms with E-state index in [1.165, 1.54) is 6.20 Å². The van der Waals surface area contributed by atoms with Crippen molar-refractivity contribution in [3.05, 3.63) is 72.9 Å². The highest BCUT2D eigenvalue weighted by Gasteiger charge is 2.27. The Morgan fingerprint density at radius 1 is 0.944 bits per heavy atom. The summed E-state index contributed by atoms with van der Waals surface area (Å²) in [6.07, 6.45) is 4.26. The van der Waals surface area contributed by atoms with E-state index in [0.29, 0.717) is 34.8 Å². The molecular weight excluding hydrogens is 460 g/mol. The summed E-state index contributed by atoms with van der Waals surface area (Å²) in [5, 5.41) is 5.31. The van der Waals surface area contributed by atoms with Crippen LogP contribution in [0.4, 0.5) is 0 Å². The lowest BCUT2D eigenvalue weighted by Crippen LogP contribution is -2.16. The van der Waals surface area contributed by atoms with Crippen molar-refractivity contribution < 1.29 is 23.8 Å². The molecule has 36 heavy (non-hydrogen) atoms. The molecular formula is C27H24N4O5. The SMILES string of the molecule is CN(C)CCCOc1ccccc1-n1nc(-c2ccccc2)c2c3c(cnc21)OC(=O)/C=C\C(=O)O3. The zero-order valence-electron chi connectivity index (χ0n) is 19.9. The van der Waals surface area contributed by atoms with Gasteiger partial charge in [0.2, 0.25) is 0 Å². The number of esters is 2. The van der Waals surface area contributed by atoms with Crippen molar-refractivity contribution in [3.8, 4) is 34.2 Å². The summed E-state index contributed by atoms with van der Waals surface area (Å²) in [7, 11) is 4.04. The van der Waals surface area contributed by atoms with Gasteiger partial charge in [-0.1, -0.05) is 42.5 Å². The van der Waals surface area contributed by atoms with E-state index in [4.69, 9.17) is 19.3 Å². The fourth-order valence-electron chi connectivity index (χ4n) is 3.91. The number of carbonyl (C=O) groups excluding carboxylic acids is 2. The van der Waals surface area contributed by atoms with Crippen molar-refractivity contribution >= 4 is 23.0 Å². The van der Waals surface area contributed by atoms with Crippen molar-refractivity contribution in [2.45, 2.75) is 6.42 Å². The Morgan fingerprint density at radius 2 is 1.67 bits per heavy atom. The van der Waals surface area contributed by atoms with E-state index in [0.717, 1.165) is 30.7 Å². The van der Waals surface area contributed by atoms with Gasteiger partial charge in [0.1, 0.15) is 17.1 Å². The Labute approximate surface area is 207 Å². The number of para-hydroxylation sites is 2. The van der Waals surface area contributed by atoms with Gasteiger partial charge >= 0.3 is 11.9 Å². The van der Waals surface area contributed by atoms with Crippen LogP contribution in [0.3, 0.4) is 0 Å². The van der Waals surface area contributed by atoms with Crippen LogP contribution in [0, 0.1) is 0 Å². The molecule has 9 nitrogen and oxygen atoms in total. The second-order valence-corrected chi connectivity index (χ2v) is 8.43. The summed E-state index contributed by atoms with van der Waals surface area (Å²) in [5.74, 6) is -0.636. The number of fused-ring (bicyclic) bond motifs is 3. The Hall–Kier alpha value is -4.50. The Morgan fingerprint density at radius 3 is 2.44 bits per heavy atom. The number of ether oxygens (including phenoxy) is 3. The Bertz CT molecular complexity index is 1460. The summed E-state index contributed by atoms with van der Waals surface area (Å²) in [6.45, 7) is 1.43. The van der Waals surface area contributed by atoms with Gasteiger partial charge in [-0.15, -0.1) is 0 Å². The zero-order valence-corrected chi connectivity index (χ0v) is 19.9. The van der Waals surface area contributed by atoms with Gasteiger partial charge in [0, 0.05) is 24.3 Å². The van der Waals surface area contributed by atoms with E-state index in [1.807, 2.05) is 68.7 Å². The van der Waals surface area contributed by atoms with Gasteiger partial charge in [-0.3, -0.25) is 0 Å². The fourth-order valence-corrected chi connectivity index (χ4v) is 3.91. The number of pyridine rings is 1. The van der Waals surface area contributed by atoms with Crippen molar-refractivity contribution in [2.75, 3.05) is 27.2 Å². The number of nitrogens with zero attached hydrogens (tertiary/aromatic N) is 4. The lowest BCUT2D eigenvalue weighted by atomic mass is 10.1. The summed E-state index contributed by atoms with van der Waals surface area (Å²) in [5.41, 5.74) is 2.40. The van der Waals surface area contributed by atoms with Crippen LogP contribution in [-0.4, -0.2) is 58.8 Å². The first-order chi connectivity index (χ1) is 17.5. The number of carbonyl (C=O) groups is 2. The van der Waals surface area contributed by atoms with Crippen LogP contribution in [-0.2, 0) is 9.59 Å². The second kappa shape index (κ2) is 10.0. The molecule has 0 unspecified atom stereocenters. The molecule has 0 amide bonds. The zero-order chi connectivity index (χ0) is 25.1. The van der Waals surface area contributed by atoms with Gasteiger partial charge in [-0.05, 0) is 32.6 Å². The predicted molar refractivity (Wildman–Crippen MR) is 133 cm³/mol. The van der Waals surface area contributed by atoms with Gasteiger partial charge < -0.3 is 19.1 Å². The lowest BCUT2D eigenvalue weighted by molar-refractivity contribution is -0.133. The number of hydrogen-bond donors (Lipinski definition) is 0. The topological polar surface area (TPSA) is 95.8 Å². The molecule has 2 aromatic heterocycles. The maximum absolute atomic E-state index is 12.4. The molecule has 0 saturated heterocycles. The molecule has 0 spiro atoms. The third-order valence-electron chi connectivity index (χ3n) is 5.53. The van der Waals surface area contributed by atoms with Gasteiger partial charge in [0.25, 0.3) is 0 Å². The van der Waals surface area contributed by atoms with Gasteiger partial charge in [0.15, 0.2) is 17.1 Å². The molecule has 0 fully saturated rings. The average Bonchev–Trinajstić information content (AvgIpc) is 3.26. The maximum Gasteiger partial charge on any atom is 0.336 e. The summed E-state index contributed by atoms with van der Waals surface area (Å²) in [6, 6.07) is 17.0. The van der Waals surface area contributed by atoms with E-state index in [-0.39, 0.29) is 11.5 Å². The minimum Gasteiger partial charge on any atom is -0.491 e. The van der Waals surface area contributed by atoms with E-state index < -0.39 is 11.9 Å². The minimum absolute atomic E-state index is 0.0372. The van der Waals surface area contributed by atoms with Crippen LogP contribution in [0.25, 0.3) is 28.0 Å². The molecule has 1 aliphatic heterocycles. The Balaban J connectivity index is 1.68. The molecule has 1 aliphatic rings. The molecule has 0 aliphatic carbocycles. The molecule has 182 valence electrons. The second-order valence-electron chi connectivity index (χ2n) is 8.43. The average molecular weight is 485 g/mol. The minimum atomic E-state index is -0.697. The number of rotatable bonds is 7. The number of benzene rings is 2. The van der Waals surface area contributed by atoms with Crippen molar-refractivity contribution in [1.82, 2.24) is 19.7 Å². The highest BCUT2D eigenvalue weighted by atomic mass is 16.6. The molecule has 2 aromatic carbocycles. The lowest BCUT2D eigenvalue weighted by Gasteiger charge is -2.14. The van der Waals surface area contributed by atoms with Crippen molar-refractivity contribution in [1.29, 1.82) is 0 Å². The number of hydrogen-bond acceptors (Lipinski definition) is 8. The molecule has 5 rings (SSSR count). The van der Waals surface area contributed by atoms with Crippen molar-refractivity contribution in [2.24, 2.45) is 0 Å². The molecule has 3 heterocycles. The third kappa shape index (κ3) is 4.69. The summed E-state index contributed by atoms with van der Waals surface area (Å²) in [4.78, 5) is 31.1. The Kier molecular flexibility index (Phi) is 6.46. The van der Waals surface area contributed by atoms with Crippen LogP contribution in [0.2, 0.25) is 0 Å². The molecule has 0 atom stereocenters. The smallest absolute Gasteiger partial charge is 0.336 e. The number of aromatic nitrogens is 3. The monoisotopic (exact) mass is 484 g/mol. The molecule has 9 heteroatoms. The summed E-state index contributed by atoms with van der Waals surface area (Å²) >= 11 is 0. The van der Waals surface area contributed by atoms with Gasteiger partial charge in [-0.25, -0.2) is 19.3 Å². The van der Waals surface area contributed by atoms with Gasteiger partial charge in [0.05, 0.1) is 18.2 Å².